The van der Waals surface area contributed by atoms with Gasteiger partial charge >= 0.3 is 6.18 Å². The number of aryl methyl sites for hydroxylation is 1. The molecule has 0 radical (unpaired) electrons. The van der Waals surface area contributed by atoms with Crippen molar-refractivity contribution < 1.29 is 18.0 Å². The normalized spacial score (nSPS) is 14.1. The first-order valence-corrected chi connectivity index (χ1v) is 7.84. The summed E-state index contributed by atoms with van der Waals surface area (Å²) in [6, 6.07) is 1.93. The van der Waals surface area contributed by atoms with Gasteiger partial charge in [-0.05, 0) is 48.7 Å². The van der Waals surface area contributed by atoms with Crippen molar-refractivity contribution in [1.82, 2.24) is 20.6 Å². The van der Waals surface area contributed by atoms with Crippen molar-refractivity contribution in [3.63, 3.8) is 0 Å². The Kier molecular flexibility index (Phi) is 4.71. The summed E-state index contributed by atoms with van der Waals surface area (Å²) in [7, 11) is 0. The minimum atomic E-state index is -4.52. The van der Waals surface area contributed by atoms with Crippen molar-refractivity contribution in [3.8, 4) is 0 Å². The Bertz CT molecular complexity index is 788. The number of nitrogens with zero attached hydrogens (tertiary/aromatic N) is 2. The smallest absolute Gasteiger partial charge is 0.348 e. The number of halogens is 3. The number of aromatic nitrogens is 2. The standard InChI is InChI=1S/C17H17F3N4O/c1-10-14(13-4-5-21-6-12(13)8-22-10)9-24-16(25)11-2-3-15(23-7-11)17(18,19)20/h2-3,7-8,21H,4-6,9H2,1H3,(H,24,25). The van der Waals surface area contributed by atoms with E-state index in [1.54, 1.807) is 0 Å². The molecule has 0 aromatic carbocycles. The van der Waals surface area contributed by atoms with Crippen LogP contribution in [0.15, 0.2) is 24.5 Å². The molecule has 0 fully saturated rings. The van der Waals surface area contributed by atoms with Crippen molar-refractivity contribution in [2.75, 3.05) is 6.54 Å². The minimum absolute atomic E-state index is 0.0880. The zero-order chi connectivity index (χ0) is 18.0. The van der Waals surface area contributed by atoms with Gasteiger partial charge in [-0.3, -0.25) is 14.8 Å². The van der Waals surface area contributed by atoms with Gasteiger partial charge in [0, 0.05) is 31.2 Å². The van der Waals surface area contributed by atoms with Crippen LogP contribution in [0.4, 0.5) is 13.2 Å². The average Bonchev–Trinajstić information content (AvgIpc) is 2.60. The van der Waals surface area contributed by atoms with E-state index in [1.165, 1.54) is 5.56 Å². The molecule has 25 heavy (non-hydrogen) atoms. The summed E-state index contributed by atoms with van der Waals surface area (Å²) in [6.07, 6.45) is -0.893. The fourth-order valence-corrected chi connectivity index (χ4v) is 2.84. The summed E-state index contributed by atoms with van der Waals surface area (Å²) in [5.41, 5.74) is 3.16. The highest BCUT2D eigenvalue weighted by Crippen LogP contribution is 2.27. The molecule has 0 bridgehead atoms. The van der Waals surface area contributed by atoms with E-state index < -0.39 is 17.8 Å². The van der Waals surface area contributed by atoms with Crippen LogP contribution in [0.1, 0.15) is 38.4 Å². The van der Waals surface area contributed by atoms with Gasteiger partial charge in [-0.25, -0.2) is 0 Å². The molecule has 3 rings (SSSR count). The number of fused-ring (bicyclic) bond motifs is 1. The number of carbonyl (C=O) groups excluding carboxylic acids is 1. The Morgan fingerprint density at radius 1 is 1.28 bits per heavy atom. The molecule has 2 N–H and O–H groups in total. The molecule has 1 aliphatic rings. The van der Waals surface area contributed by atoms with Crippen LogP contribution in [0.5, 0.6) is 0 Å². The lowest BCUT2D eigenvalue weighted by Crippen LogP contribution is -2.29. The van der Waals surface area contributed by atoms with Crippen LogP contribution in [-0.4, -0.2) is 22.4 Å². The zero-order valence-electron chi connectivity index (χ0n) is 13.6. The number of amides is 1. The third-order valence-electron chi connectivity index (χ3n) is 4.21. The minimum Gasteiger partial charge on any atom is -0.348 e. The van der Waals surface area contributed by atoms with E-state index in [1.807, 2.05) is 13.1 Å². The summed E-state index contributed by atoms with van der Waals surface area (Å²) in [5, 5.41) is 6.01. The predicted molar refractivity (Wildman–Crippen MR) is 84.8 cm³/mol. The summed E-state index contributed by atoms with van der Waals surface area (Å²) >= 11 is 0. The summed E-state index contributed by atoms with van der Waals surface area (Å²) in [6.45, 7) is 3.76. The lowest BCUT2D eigenvalue weighted by molar-refractivity contribution is -0.141. The molecule has 0 aliphatic carbocycles. The largest absolute Gasteiger partial charge is 0.433 e. The lowest BCUT2D eigenvalue weighted by atomic mass is 9.96. The first-order chi connectivity index (χ1) is 11.9. The highest BCUT2D eigenvalue weighted by Gasteiger charge is 2.32. The molecule has 3 heterocycles. The number of pyridine rings is 2. The molecule has 132 valence electrons. The molecule has 0 spiro atoms. The number of hydrogen-bond acceptors (Lipinski definition) is 4. The quantitative estimate of drug-likeness (QED) is 0.892. The maximum Gasteiger partial charge on any atom is 0.433 e. The van der Waals surface area contributed by atoms with Gasteiger partial charge in [0.15, 0.2) is 0 Å². The summed E-state index contributed by atoms with van der Waals surface area (Å²) in [5.74, 6) is -0.466. The second kappa shape index (κ2) is 6.79. The Morgan fingerprint density at radius 2 is 2.08 bits per heavy atom. The van der Waals surface area contributed by atoms with Gasteiger partial charge in [0.2, 0.25) is 0 Å². The van der Waals surface area contributed by atoms with Crippen LogP contribution in [0.3, 0.4) is 0 Å². The summed E-state index contributed by atoms with van der Waals surface area (Å²) in [4.78, 5) is 19.9. The van der Waals surface area contributed by atoms with Crippen molar-refractivity contribution in [1.29, 1.82) is 0 Å². The van der Waals surface area contributed by atoms with E-state index in [2.05, 4.69) is 20.6 Å². The third-order valence-corrected chi connectivity index (χ3v) is 4.21. The van der Waals surface area contributed by atoms with E-state index in [0.29, 0.717) is 0 Å². The van der Waals surface area contributed by atoms with Gasteiger partial charge in [-0.15, -0.1) is 0 Å². The maximum absolute atomic E-state index is 12.5. The van der Waals surface area contributed by atoms with Crippen molar-refractivity contribution in [2.24, 2.45) is 0 Å². The molecule has 2 aromatic rings. The third kappa shape index (κ3) is 3.79. The second-order valence-electron chi connectivity index (χ2n) is 5.87. The van der Waals surface area contributed by atoms with Crippen molar-refractivity contribution in [3.05, 3.63) is 58.2 Å². The molecule has 5 nitrogen and oxygen atoms in total. The van der Waals surface area contributed by atoms with Crippen molar-refractivity contribution >= 4 is 5.91 Å². The fraction of sp³-hybridized carbons (Fsp3) is 0.353. The topological polar surface area (TPSA) is 66.9 Å². The van der Waals surface area contributed by atoms with Gasteiger partial charge in [0.05, 0.1) is 5.56 Å². The van der Waals surface area contributed by atoms with E-state index >= 15 is 0 Å². The number of nitrogens with one attached hydrogen (secondary N) is 2. The first kappa shape index (κ1) is 17.3. The molecule has 0 saturated carbocycles. The second-order valence-corrected chi connectivity index (χ2v) is 5.87. The van der Waals surface area contributed by atoms with Gasteiger partial charge < -0.3 is 10.6 Å². The lowest BCUT2D eigenvalue weighted by Gasteiger charge is -2.21. The Hall–Kier alpha value is -2.48. The van der Waals surface area contributed by atoms with Gasteiger partial charge in [0.25, 0.3) is 5.91 Å². The van der Waals surface area contributed by atoms with Crippen LogP contribution in [-0.2, 0) is 25.7 Å². The van der Waals surface area contributed by atoms with Crippen LogP contribution in [0.2, 0.25) is 0 Å². The number of rotatable bonds is 3. The highest BCUT2D eigenvalue weighted by molar-refractivity contribution is 5.93. The van der Waals surface area contributed by atoms with E-state index in [0.717, 1.165) is 54.7 Å². The summed E-state index contributed by atoms with van der Waals surface area (Å²) < 4.78 is 37.6. The Balaban J connectivity index is 1.73. The van der Waals surface area contributed by atoms with Gasteiger partial charge in [0.1, 0.15) is 5.69 Å². The monoisotopic (exact) mass is 350 g/mol. The molecule has 8 heteroatoms. The van der Waals surface area contributed by atoms with Crippen LogP contribution < -0.4 is 10.6 Å². The number of hydrogen-bond donors (Lipinski definition) is 2. The van der Waals surface area contributed by atoms with Gasteiger partial charge in [-0.1, -0.05) is 0 Å². The number of carbonyl (C=O) groups is 1. The SMILES string of the molecule is Cc1ncc2c(c1CNC(=O)c1ccc(C(F)(F)F)nc1)CCNC2. The highest BCUT2D eigenvalue weighted by atomic mass is 19.4. The van der Waals surface area contributed by atoms with Crippen molar-refractivity contribution in [2.45, 2.75) is 32.6 Å². The molecule has 0 unspecified atom stereocenters. The molecule has 0 atom stereocenters. The number of alkyl halides is 3. The zero-order valence-corrected chi connectivity index (χ0v) is 13.6. The first-order valence-electron chi connectivity index (χ1n) is 7.84. The van der Waals surface area contributed by atoms with Gasteiger partial charge in [-0.2, -0.15) is 13.2 Å². The van der Waals surface area contributed by atoms with E-state index in [4.69, 9.17) is 0 Å². The Labute approximate surface area is 142 Å². The van der Waals surface area contributed by atoms with Crippen LogP contribution in [0, 0.1) is 6.92 Å². The molecule has 2 aromatic heterocycles. The fourth-order valence-electron chi connectivity index (χ4n) is 2.84. The van der Waals surface area contributed by atoms with Crippen LogP contribution in [0.25, 0.3) is 0 Å². The molecule has 1 aliphatic heterocycles. The predicted octanol–water partition coefficient (Wildman–Crippen LogP) is 2.38. The molecular weight excluding hydrogens is 333 g/mol. The van der Waals surface area contributed by atoms with Crippen LogP contribution >= 0.6 is 0 Å². The average molecular weight is 350 g/mol. The molecule has 1 amide bonds. The van der Waals surface area contributed by atoms with E-state index in [9.17, 15) is 18.0 Å². The molecule has 0 saturated heterocycles. The maximum atomic E-state index is 12.5. The molecular formula is C17H17F3N4O. The van der Waals surface area contributed by atoms with E-state index in [-0.39, 0.29) is 12.1 Å². The Morgan fingerprint density at radius 3 is 2.76 bits per heavy atom.